The third-order valence-corrected chi connectivity index (χ3v) is 9.11. The number of likely N-dealkylation sites (tertiary alicyclic amines) is 1. The van der Waals surface area contributed by atoms with Crippen molar-refractivity contribution in [2.75, 3.05) is 11.6 Å². The van der Waals surface area contributed by atoms with Gasteiger partial charge in [0.05, 0.1) is 6.26 Å². The van der Waals surface area contributed by atoms with E-state index in [2.05, 4.69) is 14.4 Å². The molecule has 2 aliphatic rings. The number of piperidine rings is 1. The van der Waals surface area contributed by atoms with Gasteiger partial charge in [-0.2, -0.15) is 8.42 Å². The first-order chi connectivity index (χ1) is 16.9. The molecule has 2 atom stereocenters. The third-order valence-electron chi connectivity index (χ3n) is 5.95. The molecule has 1 fully saturated rings. The lowest BCUT2D eigenvalue weighted by atomic mass is 9.87. The van der Waals surface area contributed by atoms with E-state index in [0.29, 0.717) is 12.0 Å². The van der Waals surface area contributed by atoms with Crippen LogP contribution in [0.15, 0.2) is 38.9 Å². The normalized spacial score (nSPS) is 21.6. The quantitative estimate of drug-likeness (QED) is 0.475. The maximum absolute atomic E-state index is 13.6. The molecule has 2 aromatic rings. The molecule has 0 bridgehead atoms. The van der Waals surface area contributed by atoms with Gasteiger partial charge in [-0.25, -0.2) is 17.5 Å². The highest BCUT2D eigenvalue weighted by Crippen LogP contribution is 2.38. The molecular formula is C22H25FN4O6S3. The summed E-state index contributed by atoms with van der Waals surface area (Å²) in [5.41, 5.74) is 0.881. The molecule has 0 aliphatic carbocycles. The molecule has 2 unspecified atom stereocenters. The topological polar surface area (TPSA) is 142 Å². The second kappa shape index (κ2) is 10.00. The molecule has 36 heavy (non-hydrogen) atoms. The van der Waals surface area contributed by atoms with E-state index in [0.717, 1.165) is 24.0 Å². The predicted molar refractivity (Wildman–Crippen MR) is 133 cm³/mol. The fourth-order valence-corrected chi connectivity index (χ4v) is 7.38. The zero-order chi connectivity index (χ0) is 26.3. The number of rotatable bonds is 8. The number of amidine groups is 1. The van der Waals surface area contributed by atoms with Crippen molar-refractivity contribution in [3.8, 4) is 0 Å². The van der Waals surface area contributed by atoms with E-state index in [-0.39, 0.29) is 46.8 Å². The van der Waals surface area contributed by atoms with Crippen molar-refractivity contribution in [1.29, 1.82) is 0 Å². The second-order valence-corrected chi connectivity index (χ2v) is 13.0. The molecular weight excluding hydrogens is 531 g/mol. The number of hydrogen-bond donors (Lipinski definition) is 2. The average molecular weight is 557 g/mol. The van der Waals surface area contributed by atoms with Crippen molar-refractivity contribution >= 4 is 53.9 Å². The highest BCUT2D eigenvalue weighted by Gasteiger charge is 2.46. The van der Waals surface area contributed by atoms with Gasteiger partial charge in [0.1, 0.15) is 21.5 Å². The number of nitrogens with zero attached hydrogens (tertiary/aromatic N) is 2. The van der Waals surface area contributed by atoms with Crippen LogP contribution in [-0.2, 0) is 42.7 Å². The van der Waals surface area contributed by atoms with Crippen LogP contribution in [0.1, 0.15) is 37.3 Å². The molecule has 1 aromatic heterocycles. The second-order valence-electron chi connectivity index (χ2n) is 8.73. The van der Waals surface area contributed by atoms with Crippen molar-refractivity contribution < 1.29 is 30.8 Å². The lowest BCUT2D eigenvalue weighted by Gasteiger charge is -2.39. The van der Waals surface area contributed by atoms with Gasteiger partial charge in [-0.15, -0.1) is 15.7 Å². The van der Waals surface area contributed by atoms with E-state index < -0.39 is 43.5 Å². The van der Waals surface area contributed by atoms with Crippen LogP contribution in [0, 0.1) is 11.7 Å². The Morgan fingerprint density at radius 3 is 2.58 bits per heavy atom. The first-order valence-corrected chi connectivity index (χ1v) is 15.3. The SMILES string of the molecule is CCCC1CC(=O)C(C2=NS(=O)(=O)c3c(CNS(C)(=O)=O)csc3N2)C(=O)N1Cc1ccc(F)cc1. The Morgan fingerprint density at radius 2 is 1.94 bits per heavy atom. The zero-order valence-electron chi connectivity index (χ0n) is 19.5. The number of Topliss-reactive ketones (excluding diaryl/α,β-unsaturated/α-hetero) is 1. The smallest absolute Gasteiger partial charge is 0.287 e. The summed E-state index contributed by atoms with van der Waals surface area (Å²) in [7, 11) is -7.87. The first-order valence-electron chi connectivity index (χ1n) is 11.1. The monoisotopic (exact) mass is 556 g/mol. The molecule has 0 spiro atoms. The summed E-state index contributed by atoms with van der Waals surface area (Å²) in [6.45, 7) is 1.83. The van der Waals surface area contributed by atoms with E-state index >= 15 is 0 Å². The number of hydrogen-bond acceptors (Lipinski definition) is 8. The molecule has 0 radical (unpaired) electrons. The number of sulfonamides is 2. The zero-order valence-corrected chi connectivity index (χ0v) is 22.0. The molecule has 1 saturated heterocycles. The fourth-order valence-electron chi connectivity index (χ4n) is 4.32. The maximum atomic E-state index is 13.6. The number of thiophene rings is 1. The van der Waals surface area contributed by atoms with Crippen molar-refractivity contribution in [1.82, 2.24) is 9.62 Å². The van der Waals surface area contributed by atoms with Crippen LogP contribution in [-0.4, -0.2) is 51.6 Å². The predicted octanol–water partition coefficient (Wildman–Crippen LogP) is 2.24. The molecule has 1 aromatic carbocycles. The highest BCUT2D eigenvalue weighted by molar-refractivity contribution is 7.91. The summed E-state index contributed by atoms with van der Waals surface area (Å²) in [5.74, 6) is -3.13. The number of halogens is 1. The van der Waals surface area contributed by atoms with Gasteiger partial charge in [0.15, 0.2) is 11.7 Å². The summed E-state index contributed by atoms with van der Waals surface area (Å²) in [6, 6.07) is 5.32. The summed E-state index contributed by atoms with van der Waals surface area (Å²) < 4.78 is 68.4. The van der Waals surface area contributed by atoms with Crippen LogP contribution in [0.4, 0.5) is 9.39 Å². The highest BCUT2D eigenvalue weighted by atomic mass is 32.2. The number of ketones is 1. The van der Waals surface area contributed by atoms with E-state index in [9.17, 15) is 30.8 Å². The standard InChI is InChI=1S/C22H25FN4O6S3/c1-3-4-16-9-17(28)18(22(29)27(16)11-13-5-7-15(23)8-6-13)20-25-21-19(36(32,33)26-20)14(12-34-21)10-24-35(2,30)31/h5-8,12,16,18,24H,3-4,9-11H2,1-2H3,(H,25,26). The van der Waals surface area contributed by atoms with Gasteiger partial charge in [0.2, 0.25) is 15.9 Å². The molecule has 3 heterocycles. The molecule has 10 nitrogen and oxygen atoms in total. The van der Waals surface area contributed by atoms with Gasteiger partial charge in [0, 0.05) is 31.1 Å². The van der Waals surface area contributed by atoms with Gasteiger partial charge < -0.3 is 10.2 Å². The van der Waals surface area contributed by atoms with E-state index in [1.807, 2.05) is 6.92 Å². The summed E-state index contributed by atoms with van der Waals surface area (Å²) in [6.07, 6.45) is 2.30. The number of anilines is 1. The van der Waals surface area contributed by atoms with Crippen molar-refractivity contribution in [3.05, 3.63) is 46.6 Å². The van der Waals surface area contributed by atoms with E-state index in [1.165, 1.54) is 22.4 Å². The Balaban J connectivity index is 1.65. The number of benzene rings is 1. The van der Waals surface area contributed by atoms with Gasteiger partial charge >= 0.3 is 0 Å². The first kappa shape index (κ1) is 26.4. The average Bonchev–Trinajstić information content (AvgIpc) is 3.20. The number of carbonyl (C=O) groups is 2. The molecule has 2 N–H and O–H groups in total. The Morgan fingerprint density at radius 1 is 1.25 bits per heavy atom. The molecule has 14 heteroatoms. The van der Waals surface area contributed by atoms with Gasteiger partial charge in [0.25, 0.3) is 10.0 Å². The van der Waals surface area contributed by atoms with Gasteiger partial charge in [-0.3, -0.25) is 9.59 Å². The Hall–Kier alpha value is -2.68. The van der Waals surface area contributed by atoms with Gasteiger partial charge in [-0.05, 0) is 29.5 Å². The maximum Gasteiger partial charge on any atom is 0.287 e. The molecule has 4 rings (SSSR count). The van der Waals surface area contributed by atoms with Crippen molar-refractivity contribution in [2.24, 2.45) is 10.3 Å². The summed E-state index contributed by atoms with van der Waals surface area (Å²) in [4.78, 5) is 28.0. The summed E-state index contributed by atoms with van der Waals surface area (Å²) in [5, 5.41) is 4.47. The number of carbonyl (C=O) groups excluding carboxylic acids is 2. The van der Waals surface area contributed by atoms with E-state index in [4.69, 9.17) is 0 Å². The van der Waals surface area contributed by atoms with Gasteiger partial charge in [-0.1, -0.05) is 25.5 Å². The minimum Gasteiger partial charge on any atom is -0.334 e. The fraction of sp³-hybridized carbons (Fsp3) is 0.409. The van der Waals surface area contributed by atoms with Crippen LogP contribution in [0.2, 0.25) is 0 Å². The Kier molecular flexibility index (Phi) is 7.33. The van der Waals surface area contributed by atoms with Crippen LogP contribution in [0.25, 0.3) is 0 Å². The molecule has 1 amide bonds. The summed E-state index contributed by atoms with van der Waals surface area (Å²) >= 11 is 1.01. The minimum absolute atomic E-state index is 0.0347. The number of nitrogens with one attached hydrogen (secondary N) is 2. The lowest BCUT2D eigenvalue weighted by Crippen LogP contribution is -2.55. The van der Waals surface area contributed by atoms with Crippen molar-refractivity contribution in [3.63, 3.8) is 0 Å². The Labute approximate surface area is 212 Å². The molecule has 194 valence electrons. The van der Waals surface area contributed by atoms with Crippen LogP contribution in [0.3, 0.4) is 0 Å². The molecule has 0 saturated carbocycles. The van der Waals surface area contributed by atoms with Crippen LogP contribution >= 0.6 is 11.3 Å². The lowest BCUT2D eigenvalue weighted by molar-refractivity contribution is -0.146. The van der Waals surface area contributed by atoms with Crippen LogP contribution < -0.4 is 10.0 Å². The van der Waals surface area contributed by atoms with E-state index in [1.54, 1.807) is 12.1 Å². The Bertz CT molecular complexity index is 1430. The molecule has 2 aliphatic heterocycles. The number of fused-ring (bicyclic) bond motifs is 1. The van der Waals surface area contributed by atoms with Crippen molar-refractivity contribution in [2.45, 2.75) is 50.2 Å². The third kappa shape index (κ3) is 5.51. The number of amides is 1. The largest absolute Gasteiger partial charge is 0.334 e. The van der Waals surface area contributed by atoms with Crippen LogP contribution in [0.5, 0.6) is 0 Å². The minimum atomic E-state index is -4.31.